The van der Waals surface area contributed by atoms with E-state index in [9.17, 15) is 22.0 Å². The molecular formula is C24H18ClF5N2S. The molecule has 0 amide bonds. The van der Waals surface area contributed by atoms with Gasteiger partial charge in [0.2, 0.25) is 0 Å². The summed E-state index contributed by atoms with van der Waals surface area (Å²) in [6.45, 7) is 0. The molecule has 0 saturated carbocycles. The van der Waals surface area contributed by atoms with Crippen LogP contribution >= 0.6 is 23.4 Å². The van der Waals surface area contributed by atoms with Gasteiger partial charge >= 0.3 is 12.1 Å². The first-order valence-electron chi connectivity index (χ1n) is 9.92. The molecule has 3 aromatic carbocycles. The molecule has 33 heavy (non-hydrogen) atoms. The van der Waals surface area contributed by atoms with Gasteiger partial charge in [0.25, 0.3) is 0 Å². The SMILES string of the molecule is CSc1ccc(-c2ccc(C3CC(C(F)(F)C(F)(F)F)=NN3c3ccccc3Cl)cc2)cc1. The highest BCUT2D eigenvalue weighted by atomic mass is 35.5. The van der Waals surface area contributed by atoms with E-state index in [0.29, 0.717) is 5.56 Å². The molecule has 0 fully saturated rings. The molecule has 0 aliphatic carbocycles. The van der Waals surface area contributed by atoms with Crippen LogP contribution in [0.5, 0.6) is 0 Å². The van der Waals surface area contributed by atoms with E-state index in [2.05, 4.69) is 5.10 Å². The predicted octanol–water partition coefficient (Wildman–Crippen LogP) is 8.23. The van der Waals surface area contributed by atoms with Gasteiger partial charge in [0.05, 0.1) is 16.8 Å². The molecule has 0 aromatic heterocycles. The monoisotopic (exact) mass is 496 g/mol. The van der Waals surface area contributed by atoms with E-state index in [4.69, 9.17) is 11.6 Å². The van der Waals surface area contributed by atoms with Gasteiger partial charge in [0.15, 0.2) is 0 Å². The van der Waals surface area contributed by atoms with Gasteiger partial charge in [0, 0.05) is 11.3 Å². The minimum Gasteiger partial charge on any atom is -0.256 e. The lowest BCUT2D eigenvalue weighted by molar-refractivity contribution is -0.249. The maximum atomic E-state index is 14.1. The predicted molar refractivity (Wildman–Crippen MR) is 123 cm³/mol. The molecule has 0 radical (unpaired) electrons. The molecule has 9 heteroatoms. The number of rotatable bonds is 5. The van der Waals surface area contributed by atoms with Gasteiger partial charge in [-0.2, -0.15) is 27.1 Å². The topological polar surface area (TPSA) is 15.6 Å². The van der Waals surface area contributed by atoms with Crippen LogP contribution in [0.1, 0.15) is 18.0 Å². The zero-order valence-corrected chi connectivity index (χ0v) is 18.9. The molecule has 1 aliphatic heterocycles. The Morgan fingerprint density at radius 1 is 0.879 bits per heavy atom. The first-order valence-corrected chi connectivity index (χ1v) is 11.5. The van der Waals surface area contributed by atoms with Crippen molar-refractivity contribution in [1.82, 2.24) is 0 Å². The average molecular weight is 497 g/mol. The second-order valence-corrected chi connectivity index (χ2v) is 8.77. The summed E-state index contributed by atoms with van der Waals surface area (Å²) in [7, 11) is 0. The van der Waals surface area contributed by atoms with Crippen molar-refractivity contribution in [2.24, 2.45) is 5.10 Å². The highest BCUT2D eigenvalue weighted by molar-refractivity contribution is 7.98. The molecule has 0 spiro atoms. The van der Waals surface area contributed by atoms with E-state index in [1.165, 1.54) is 12.1 Å². The Labute approximate surface area is 197 Å². The summed E-state index contributed by atoms with van der Waals surface area (Å²) in [5, 5.41) is 5.06. The Morgan fingerprint density at radius 2 is 1.45 bits per heavy atom. The number of benzene rings is 3. The fourth-order valence-corrected chi connectivity index (χ4v) is 4.29. The van der Waals surface area contributed by atoms with Gasteiger partial charge in [-0.15, -0.1) is 11.8 Å². The molecular weight excluding hydrogens is 479 g/mol. The average Bonchev–Trinajstić information content (AvgIpc) is 3.25. The van der Waals surface area contributed by atoms with Crippen molar-refractivity contribution in [2.75, 3.05) is 11.3 Å². The van der Waals surface area contributed by atoms with Gasteiger partial charge in [-0.25, -0.2) is 0 Å². The molecule has 172 valence electrons. The van der Waals surface area contributed by atoms with Gasteiger partial charge in [-0.1, -0.05) is 60.1 Å². The van der Waals surface area contributed by atoms with Crippen molar-refractivity contribution in [3.8, 4) is 11.1 Å². The zero-order valence-electron chi connectivity index (χ0n) is 17.3. The molecule has 1 atom stereocenters. The number of hydrogen-bond acceptors (Lipinski definition) is 3. The van der Waals surface area contributed by atoms with Crippen LogP contribution in [0.3, 0.4) is 0 Å². The number of thioether (sulfide) groups is 1. The molecule has 1 heterocycles. The number of hydrazone groups is 1. The molecule has 1 unspecified atom stereocenters. The highest BCUT2D eigenvalue weighted by Crippen LogP contribution is 2.45. The lowest BCUT2D eigenvalue weighted by Crippen LogP contribution is -2.43. The minimum absolute atomic E-state index is 0.202. The summed E-state index contributed by atoms with van der Waals surface area (Å²) in [5.41, 5.74) is 1.44. The van der Waals surface area contributed by atoms with Gasteiger partial charge in [0.1, 0.15) is 5.71 Å². The third kappa shape index (κ3) is 4.59. The third-order valence-corrected chi connectivity index (χ3v) is 6.51. The van der Waals surface area contributed by atoms with Crippen LogP contribution in [0.15, 0.2) is 82.8 Å². The zero-order chi connectivity index (χ0) is 23.8. The van der Waals surface area contributed by atoms with Crippen LogP contribution in [0.25, 0.3) is 11.1 Å². The summed E-state index contributed by atoms with van der Waals surface area (Å²) in [4.78, 5) is 1.12. The van der Waals surface area contributed by atoms with Gasteiger partial charge in [-0.3, -0.25) is 5.01 Å². The fraction of sp³-hybridized carbons (Fsp3) is 0.208. The van der Waals surface area contributed by atoms with Crippen LogP contribution in [0.4, 0.5) is 27.6 Å². The van der Waals surface area contributed by atoms with E-state index in [1.807, 2.05) is 42.7 Å². The number of para-hydroxylation sites is 1. The first-order chi connectivity index (χ1) is 15.6. The molecule has 0 saturated heterocycles. The number of alkyl halides is 5. The lowest BCUT2D eigenvalue weighted by atomic mass is 9.96. The number of hydrogen-bond donors (Lipinski definition) is 0. The summed E-state index contributed by atoms with van der Waals surface area (Å²) < 4.78 is 67.4. The van der Waals surface area contributed by atoms with Gasteiger partial charge in [-0.05, 0) is 47.2 Å². The number of halogens is 6. The molecule has 1 aliphatic rings. The van der Waals surface area contributed by atoms with Crippen molar-refractivity contribution >= 4 is 34.8 Å². The molecule has 0 bridgehead atoms. The van der Waals surface area contributed by atoms with E-state index in [1.54, 1.807) is 36.0 Å². The van der Waals surface area contributed by atoms with Crippen LogP contribution in [-0.4, -0.2) is 24.1 Å². The van der Waals surface area contributed by atoms with E-state index < -0.39 is 30.3 Å². The third-order valence-electron chi connectivity index (χ3n) is 5.45. The Morgan fingerprint density at radius 3 is 2.00 bits per heavy atom. The molecule has 0 N–H and O–H groups in total. The quantitative estimate of drug-likeness (QED) is 0.261. The van der Waals surface area contributed by atoms with Crippen LogP contribution < -0.4 is 5.01 Å². The van der Waals surface area contributed by atoms with E-state index in [-0.39, 0.29) is 10.7 Å². The smallest absolute Gasteiger partial charge is 0.256 e. The van der Waals surface area contributed by atoms with E-state index >= 15 is 0 Å². The first kappa shape index (κ1) is 23.6. The molecule has 3 aromatic rings. The summed E-state index contributed by atoms with van der Waals surface area (Å²) in [5.74, 6) is -5.04. The maximum absolute atomic E-state index is 14.1. The number of anilines is 1. The summed E-state index contributed by atoms with van der Waals surface area (Å²) in [6, 6.07) is 20.5. The lowest BCUT2D eigenvalue weighted by Gasteiger charge is -2.25. The second-order valence-electron chi connectivity index (χ2n) is 7.49. The van der Waals surface area contributed by atoms with Crippen molar-refractivity contribution in [1.29, 1.82) is 0 Å². The number of nitrogens with zero attached hydrogens (tertiary/aromatic N) is 2. The van der Waals surface area contributed by atoms with Gasteiger partial charge < -0.3 is 0 Å². The van der Waals surface area contributed by atoms with Crippen molar-refractivity contribution in [3.05, 3.63) is 83.4 Å². The molecule has 4 rings (SSSR count). The highest BCUT2D eigenvalue weighted by Gasteiger charge is 2.62. The van der Waals surface area contributed by atoms with Crippen LogP contribution in [0, 0.1) is 0 Å². The normalized spacial score (nSPS) is 16.8. The van der Waals surface area contributed by atoms with Crippen LogP contribution in [-0.2, 0) is 0 Å². The van der Waals surface area contributed by atoms with Crippen molar-refractivity contribution < 1.29 is 22.0 Å². The molecule has 2 nitrogen and oxygen atoms in total. The van der Waals surface area contributed by atoms with E-state index in [0.717, 1.165) is 21.0 Å². The fourth-order valence-electron chi connectivity index (χ4n) is 3.66. The van der Waals surface area contributed by atoms with Crippen molar-refractivity contribution in [2.45, 2.75) is 29.5 Å². The van der Waals surface area contributed by atoms with Crippen LogP contribution in [0.2, 0.25) is 5.02 Å². The Bertz CT molecular complexity index is 1160. The maximum Gasteiger partial charge on any atom is 0.459 e. The Kier molecular flexibility index (Phi) is 6.42. The largest absolute Gasteiger partial charge is 0.459 e. The van der Waals surface area contributed by atoms with Crippen molar-refractivity contribution in [3.63, 3.8) is 0 Å². The summed E-state index contributed by atoms with van der Waals surface area (Å²) >= 11 is 7.84. The summed E-state index contributed by atoms with van der Waals surface area (Å²) in [6.07, 6.45) is -4.34. The Balaban J connectivity index is 1.70. The standard InChI is InChI=1S/C24H18ClF5N2S/c1-33-18-12-10-16(11-13-18)15-6-8-17(9-7-15)21-14-22(23(26,27)24(28,29)30)31-32(21)20-5-3-2-4-19(20)25/h2-13,21H,14H2,1H3. The minimum atomic E-state index is -5.74. The second kappa shape index (κ2) is 8.99. The Hall–Kier alpha value is -2.58.